The lowest BCUT2D eigenvalue weighted by molar-refractivity contribution is 0.0261. The summed E-state index contributed by atoms with van der Waals surface area (Å²) >= 11 is 0. The second-order valence-corrected chi connectivity index (χ2v) is 8.41. The Morgan fingerprint density at radius 1 is 1.18 bits per heavy atom. The number of anilines is 1. The van der Waals surface area contributed by atoms with Gasteiger partial charge in [0.25, 0.3) is 0 Å². The van der Waals surface area contributed by atoms with Crippen molar-refractivity contribution in [3.05, 3.63) is 53.2 Å². The van der Waals surface area contributed by atoms with Gasteiger partial charge in [-0.15, -0.1) is 0 Å². The fraction of sp³-hybridized carbons (Fsp3) is 0.364. The Morgan fingerprint density at radius 2 is 1.89 bits per heavy atom. The molecule has 1 aliphatic rings. The van der Waals surface area contributed by atoms with Crippen molar-refractivity contribution < 1.29 is 13.9 Å². The van der Waals surface area contributed by atoms with E-state index in [2.05, 4.69) is 10.3 Å². The third-order valence-electron chi connectivity index (χ3n) is 5.80. The summed E-state index contributed by atoms with van der Waals surface area (Å²) in [5, 5.41) is 14.9. The highest BCUT2D eigenvalue weighted by atomic mass is 19.1. The number of nitrogens with zero attached hydrogens (tertiary/aromatic N) is 1. The van der Waals surface area contributed by atoms with E-state index >= 15 is 8.78 Å². The van der Waals surface area contributed by atoms with Gasteiger partial charge in [0.15, 0.2) is 0 Å². The van der Waals surface area contributed by atoms with E-state index in [0.29, 0.717) is 16.8 Å². The minimum atomic E-state index is -0.869. The SMILES string of the molecule is Cc1c[nH]c2c(-c3c(F)cc4c(c3F)[C@H](N(C)C)[C@@H](O)C(C)(C)N4)cccc12. The Balaban J connectivity index is 2.02. The van der Waals surface area contributed by atoms with E-state index in [4.69, 9.17) is 0 Å². The van der Waals surface area contributed by atoms with Crippen molar-refractivity contribution in [3.8, 4) is 11.1 Å². The highest BCUT2D eigenvalue weighted by Crippen LogP contribution is 2.45. The first-order valence-corrected chi connectivity index (χ1v) is 9.35. The maximum absolute atomic E-state index is 15.8. The van der Waals surface area contributed by atoms with Gasteiger partial charge in [-0.3, -0.25) is 4.90 Å². The zero-order chi connectivity index (χ0) is 20.4. The van der Waals surface area contributed by atoms with E-state index in [0.717, 1.165) is 10.9 Å². The largest absolute Gasteiger partial charge is 0.389 e. The summed E-state index contributed by atoms with van der Waals surface area (Å²) in [6, 6.07) is 6.18. The van der Waals surface area contributed by atoms with Gasteiger partial charge in [0.1, 0.15) is 11.6 Å². The van der Waals surface area contributed by atoms with Gasteiger partial charge < -0.3 is 15.4 Å². The first-order valence-electron chi connectivity index (χ1n) is 9.35. The zero-order valence-corrected chi connectivity index (χ0v) is 16.7. The fourth-order valence-electron chi connectivity index (χ4n) is 4.29. The molecule has 1 aliphatic heterocycles. The molecule has 3 aromatic rings. The Morgan fingerprint density at radius 3 is 2.57 bits per heavy atom. The predicted molar refractivity (Wildman–Crippen MR) is 109 cm³/mol. The molecular weight excluding hydrogens is 360 g/mol. The highest BCUT2D eigenvalue weighted by Gasteiger charge is 2.44. The minimum Gasteiger partial charge on any atom is -0.389 e. The number of rotatable bonds is 2. The minimum absolute atomic E-state index is 0.0771. The number of aromatic nitrogens is 1. The molecule has 2 atom stereocenters. The Kier molecular flexibility index (Phi) is 4.25. The van der Waals surface area contributed by atoms with Crippen molar-refractivity contribution in [2.24, 2.45) is 0 Å². The van der Waals surface area contributed by atoms with Crippen molar-refractivity contribution in [2.45, 2.75) is 38.5 Å². The van der Waals surface area contributed by atoms with Crippen molar-refractivity contribution in [1.29, 1.82) is 0 Å². The molecule has 3 N–H and O–H groups in total. The van der Waals surface area contributed by atoms with Gasteiger partial charge in [-0.25, -0.2) is 8.78 Å². The molecule has 0 unspecified atom stereocenters. The third kappa shape index (κ3) is 2.63. The van der Waals surface area contributed by atoms with E-state index in [1.165, 1.54) is 6.07 Å². The van der Waals surface area contributed by atoms with Crippen molar-refractivity contribution in [3.63, 3.8) is 0 Å². The molecule has 2 heterocycles. The van der Waals surface area contributed by atoms with Gasteiger partial charge in [0, 0.05) is 28.4 Å². The average molecular weight is 385 g/mol. The van der Waals surface area contributed by atoms with E-state index in [9.17, 15) is 5.11 Å². The van der Waals surface area contributed by atoms with E-state index in [1.807, 2.05) is 33.0 Å². The number of H-pyrrole nitrogens is 1. The number of nitrogens with one attached hydrogen (secondary N) is 2. The molecule has 0 saturated heterocycles. The standard InChI is InChI=1S/C22H25F2N3O/c1-11-10-25-19-12(11)7-6-8-13(19)16-14(23)9-15-17(18(16)24)20(27(4)5)21(28)22(2,3)26-15/h6-10,20-21,25-26,28H,1-5H3/t20-,21+/m0/s1. The van der Waals surface area contributed by atoms with Crippen LogP contribution in [0.4, 0.5) is 14.5 Å². The van der Waals surface area contributed by atoms with Gasteiger partial charge in [-0.2, -0.15) is 0 Å². The molecule has 0 spiro atoms. The maximum atomic E-state index is 15.8. The average Bonchev–Trinajstić information content (AvgIpc) is 2.98. The summed E-state index contributed by atoms with van der Waals surface area (Å²) in [5.74, 6) is -1.27. The van der Waals surface area contributed by atoms with Crippen molar-refractivity contribution in [2.75, 3.05) is 19.4 Å². The van der Waals surface area contributed by atoms with E-state index in [-0.39, 0.29) is 11.1 Å². The molecule has 0 amide bonds. The maximum Gasteiger partial charge on any atom is 0.141 e. The van der Waals surface area contributed by atoms with Crippen LogP contribution in [0.15, 0.2) is 30.5 Å². The van der Waals surface area contributed by atoms with Gasteiger partial charge in [0.05, 0.1) is 28.8 Å². The van der Waals surface area contributed by atoms with Crippen LogP contribution in [-0.4, -0.2) is 40.7 Å². The topological polar surface area (TPSA) is 51.3 Å². The van der Waals surface area contributed by atoms with Crippen LogP contribution in [-0.2, 0) is 0 Å². The predicted octanol–water partition coefficient (Wildman–Crippen LogP) is 4.59. The Bertz CT molecular complexity index is 1070. The summed E-state index contributed by atoms with van der Waals surface area (Å²) in [6.07, 6.45) is 0.963. The van der Waals surface area contributed by atoms with Crippen LogP contribution in [0.1, 0.15) is 31.0 Å². The van der Waals surface area contributed by atoms with Crippen LogP contribution in [0, 0.1) is 18.6 Å². The lowest BCUT2D eigenvalue weighted by Crippen LogP contribution is -2.54. The molecule has 0 fully saturated rings. The molecule has 4 nitrogen and oxygen atoms in total. The van der Waals surface area contributed by atoms with E-state index in [1.54, 1.807) is 31.1 Å². The second-order valence-electron chi connectivity index (χ2n) is 8.41. The van der Waals surface area contributed by atoms with Crippen LogP contribution in [0.2, 0.25) is 0 Å². The lowest BCUT2D eigenvalue weighted by atomic mass is 9.80. The number of hydrogen-bond donors (Lipinski definition) is 3. The fourth-order valence-corrected chi connectivity index (χ4v) is 4.29. The van der Waals surface area contributed by atoms with Crippen LogP contribution < -0.4 is 5.32 Å². The van der Waals surface area contributed by atoms with Crippen molar-refractivity contribution in [1.82, 2.24) is 9.88 Å². The number of aliphatic hydroxyl groups is 1. The quantitative estimate of drug-likeness (QED) is 0.605. The molecule has 1 aromatic heterocycles. The van der Waals surface area contributed by atoms with Gasteiger partial charge in [-0.1, -0.05) is 18.2 Å². The monoisotopic (exact) mass is 385 g/mol. The number of benzene rings is 2. The summed E-state index contributed by atoms with van der Waals surface area (Å²) < 4.78 is 31.0. The highest BCUT2D eigenvalue weighted by molar-refractivity contribution is 5.96. The summed E-state index contributed by atoms with van der Waals surface area (Å²) in [6.45, 7) is 5.60. The molecule has 6 heteroatoms. The van der Waals surface area contributed by atoms with Crippen LogP contribution in [0.25, 0.3) is 22.0 Å². The lowest BCUT2D eigenvalue weighted by Gasteiger charge is -2.46. The first-order chi connectivity index (χ1) is 13.1. The molecule has 0 saturated carbocycles. The van der Waals surface area contributed by atoms with Gasteiger partial charge in [-0.05, 0) is 46.5 Å². The Labute approximate surface area is 163 Å². The number of fused-ring (bicyclic) bond motifs is 2. The number of likely N-dealkylation sites (N-methyl/N-ethyl adjacent to an activating group) is 1. The van der Waals surface area contributed by atoms with Gasteiger partial charge in [0.2, 0.25) is 0 Å². The normalized spacial score (nSPS) is 21.0. The van der Waals surface area contributed by atoms with Gasteiger partial charge >= 0.3 is 0 Å². The molecular formula is C22H25F2N3O. The van der Waals surface area contributed by atoms with Crippen LogP contribution in [0.5, 0.6) is 0 Å². The number of hydrogen-bond acceptors (Lipinski definition) is 3. The second kappa shape index (κ2) is 6.29. The summed E-state index contributed by atoms with van der Waals surface area (Å²) in [4.78, 5) is 4.91. The molecule has 0 aliphatic carbocycles. The third-order valence-corrected chi connectivity index (χ3v) is 5.80. The van der Waals surface area contributed by atoms with Crippen molar-refractivity contribution >= 4 is 16.6 Å². The number of para-hydroxylation sites is 1. The first kappa shape index (κ1) is 18.9. The molecule has 0 bridgehead atoms. The number of aromatic amines is 1. The number of halogens is 2. The molecule has 2 aromatic carbocycles. The molecule has 28 heavy (non-hydrogen) atoms. The van der Waals surface area contributed by atoms with Crippen LogP contribution in [0.3, 0.4) is 0 Å². The van der Waals surface area contributed by atoms with E-state index < -0.39 is 29.3 Å². The number of aliphatic hydroxyl groups excluding tert-OH is 1. The molecule has 0 radical (unpaired) electrons. The molecule has 4 rings (SSSR count). The summed E-state index contributed by atoms with van der Waals surface area (Å²) in [5.41, 5.74) is 2.05. The summed E-state index contributed by atoms with van der Waals surface area (Å²) in [7, 11) is 3.58. The number of aryl methyl sites for hydroxylation is 1. The Hall–Kier alpha value is -2.44. The van der Waals surface area contributed by atoms with Crippen LogP contribution >= 0.6 is 0 Å². The zero-order valence-electron chi connectivity index (χ0n) is 16.7. The smallest absolute Gasteiger partial charge is 0.141 e. The molecule has 148 valence electrons.